The van der Waals surface area contributed by atoms with Gasteiger partial charge in [-0.1, -0.05) is 48.5 Å². The zero-order valence-electron chi connectivity index (χ0n) is 15.0. The second kappa shape index (κ2) is 7.22. The van der Waals surface area contributed by atoms with Crippen molar-refractivity contribution in [3.8, 4) is 0 Å². The molecule has 3 nitrogen and oxygen atoms in total. The summed E-state index contributed by atoms with van der Waals surface area (Å²) >= 11 is 1.78. The number of benzene rings is 2. The van der Waals surface area contributed by atoms with E-state index in [9.17, 15) is 4.79 Å². The van der Waals surface area contributed by atoms with Gasteiger partial charge in [0.2, 0.25) is 5.91 Å². The number of thiophene rings is 1. The molecule has 3 aromatic rings. The standard InChI is InChI=1S/C22H24N2OS/c1-16-18-9-5-6-10-19(18)26-20(16)15-24-21(25)22(11-13-23-14-12-22)17-7-3-2-4-8-17/h2-10,23H,11-15H2,1H3,(H,24,25). The highest BCUT2D eigenvalue weighted by atomic mass is 32.1. The fourth-order valence-corrected chi connectivity index (χ4v) is 5.13. The third kappa shape index (κ3) is 3.04. The predicted molar refractivity (Wildman–Crippen MR) is 109 cm³/mol. The first-order valence-corrected chi connectivity index (χ1v) is 10.0. The van der Waals surface area contributed by atoms with Crippen molar-refractivity contribution < 1.29 is 4.79 Å². The van der Waals surface area contributed by atoms with E-state index in [0.29, 0.717) is 6.54 Å². The van der Waals surface area contributed by atoms with Gasteiger partial charge in [-0.3, -0.25) is 4.79 Å². The average molecular weight is 365 g/mol. The molecule has 1 saturated heterocycles. The Kier molecular flexibility index (Phi) is 4.79. The summed E-state index contributed by atoms with van der Waals surface area (Å²) in [7, 11) is 0. The smallest absolute Gasteiger partial charge is 0.231 e. The average Bonchev–Trinajstić information content (AvgIpc) is 3.03. The first-order valence-electron chi connectivity index (χ1n) is 9.22. The lowest BCUT2D eigenvalue weighted by molar-refractivity contribution is -0.128. The lowest BCUT2D eigenvalue weighted by Crippen LogP contribution is -2.50. The second-order valence-electron chi connectivity index (χ2n) is 7.03. The minimum absolute atomic E-state index is 0.155. The molecule has 0 aliphatic carbocycles. The zero-order valence-corrected chi connectivity index (χ0v) is 15.9. The maximum Gasteiger partial charge on any atom is 0.231 e. The van der Waals surface area contributed by atoms with Gasteiger partial charge in [0, 0.05) is 9.58 Å². The molecule has 1 aromatic heterocycles. The normalized spacial score (nSPS) is 16.5. The molecule has 0 bridgehead atoms. The minimum Gasteiger partial charge on any atom is -0.350 e. The van der Waals surface area contributed by atoms with Crippen LogP contribution in [-0.4, -0.2) is 19.0 Å². The van der Waals surface area contributed by atoms with Crippen molar-refractivity contribution in [1.29, 1.82) is 0 Å². The number of piperidine rings is 1. The summed E-state index contributed by atoms with van der Waals surface area (Å²) in [6.07, 6.45) is 1.68. The van der Waals surface area contributed by atoms with Crippen molar-refractivity contribution in [2.45, 2.75) is 31.7 Å². The molecule has 4 heteroatoms. The Hall–Kier alpha value is -2.17. The van der Waals surface area contributed by atoms with Gasteiger partial charge in [-0.05, 0) is 55.4 Å². The van der Waals surface area contributed by atoms with E-state index >= 15 is 0 Å². The number of rotatable bonds is 4. The third-order valence-corrected chi connectivity index (χ3v) is 6.84. The number of nitrogens with one attached hydrogen (secondary N) is 2. The lowest BCUT2D eigenvalue weighted by Gasteiger charge is -2.36. The first kappa shape index (κ1) is 17.3. The highest BCUT2D eigenvalue weighted by Gasteiger charge is 2.40. The highest BCUT2D eigenvalue weighted by molar-refractivity contribution is 7.19. The molecule has 134 valence electrons. The van der Waals surface area contributed by atoms with Crippen LogP contribution < -0.4 is 10.6 Å². The van der Waals surface area contributed by atoms with Crippen molar-refractivity contribution in [3.63, 3.8) is 0 Å². The monoisotopic (exact) mass is 364 g/mol. The third-order valence-electron chi connectivity index (χ3n) is 5.57. The summed E-state index contributed by atoms with van der Waals surface area (Å²) in [5.41, 5.74) is 1.99. The van der Waals surface area contributed by atoms with E-state index in [1.54, 1.807) is 11.3 Å². The van der Waals surface area contributed by atoms with Crippen molar-refractivity contribution in [2.24, 2.45) is 0 Å². The maximum atomic E-state index is 13.3. The Morgan fingerprint density at radius 1 is 1.08 bits per heavy atom. The lowest BCUT2D eigenvalue weighted by atomic mass is 9.72. The molecule has 0 unspecified atom stereocenters. The molecule has 2 heterocycles. The molecule has 1 aliphatic heterocycles. The van der Waals surface area contributed by atoms with Gasteiger partial charge < -0.3 is 10.6 Å². The minimum atomic E-state index is -0.420. The molecule has 0 spiro atoms. The van der Waals surface area contributed by atoms with Crippen LogP contribution in [0.1, 0.15) is 28.8 Å². The summed E-state index contributed by atoms with van der Waals surface area (Å²) in [5.74, 6) is 0.155. The van der Waals surface area contributed by atoms with Gasteiger partial charge in [0.25, 0.3) is 0 Å². The number of carbonyl (C=O) groups excluding carboxylic acids is 1. The SMILES string of the molecule is Cc1c(CNC(=O)C2(c3ccccc3)CCNCC2)sc2ccccc12. The largest absolute Gasteiger partial charge is 0.350 e. The van der Waals surface area contributed by atoms with Crippen molar-refractivity contribution >= 4 is 27.3 Å². The van der Waals surface area contributed by atoms with Crippen molar-refractivity contribution in [2.75, 3.05) is 13.1 Å². The molecular weight excluding hydrogens is 340 g/mol. The quantitative estimate of drug-likeness (QED) is 0.730. The van der Waals surface area contributed by atoms with Crippen LogP contribution in [-0.2, 0) is 16.8 Å². The van der Waals surface area contributed by atoms with E-state index in [-0.39, 0.29) is 5.91 Å². The summed E-state index contributed by atoms with van der Waals surface area (Å²) < 4.78 is 1.29. The topological polar surface area (TPSA) is 41.1 Å². The second-order valence-corrected chi connectivity index (χ2v) is 8.16. The van der Waals surface area contributed by atoms with Crippen molar-refractivity contribution in [1.82, 2.24) is 10.6 Å². The number of amides is 1. The van der Waals surface area contributed by atoms with Crippen LogP contribution in [0.3, 0.4) is 0 Å². The Morgan fingerprint density at radius 3 is 2.50 bits per heavy atom. The molecule has 1 fully saturated rings. The van der Waals surface area contributed by atoms with E-state index in [0.717, 1.165) is 31.5 Å². The van der Waals surface area contributed by atoms with Gasteiger partial charge in [-0.15, -0.1) is 11.3 Å². The number of carbonyl (C=O) groups is 1. The number of hydrogen-bond donors (Lipinski definition) is 2. The van der Waals surface area contributed by atoms with Crippen LogP contribution in [0.5, 0.6) is 0 Å². The van der Waals surface area contributed by atoms with Crippen LogP contribution in [0.15, 0.2) is 54.6 Å². The molecule has 4 rings (SSSR count). The van der Waals surface area contributed by atoms with Crippen LogP contribution in [0, 0.1) is 6.92 Å². The van der Waals surface area contributed by atoms with E-state index in [4.69, 9.17) is 0 Å². The predicted octanol–water partition coefficient (Wildman–Crippen LogP) is 4.15. The van der Waals surface area contributed by atoms with Crippen molar-refractivity contribution in [3.05, 3.63) is 70.6 Å². The molecule has 1 aliphatic rings. The molecule has 0 atom stereocenters. The van der Waals surface area contributed by atoms with Gasteiger partial charge >= 0.3 is 0 Å². The molecular formula is C22H24N2OS. The first-order chi connectivity index (χ1) is 12.7. The number of aryl methyl sites for hydroxylation is 1. The Morgan fingerprint density at radius 2 is 1.77 bits per heavy atom. The molecule has 2 N–H and O–H groups in total. The van der Waals surface area contributed by atoms with E-state index < -0.39 is 5.41 Å². The summed E-state index contributed by atoms with van der Waals surface area (Å²) in [4.78, 5) is 14.5. The van der Waals surface area contributed by atoms with Gasteiger partial charge in [-0.25, -0.2) is 0 Å². The van der Waals surface area contributed by atoms with Crippen LogP contribution in [0.2, 0.25) is 0 Å². The Labute approximate surface area is 158 Å². The maximum absolute atomic E-state index is 13.3. The van der Waals surface area contributed by atoms with Gasteiger partial charge in [-0.2, -0.15) is 0 Å². The molecule has 0 saturated carbocycles. The molecule has 1 amide bonds. The zero-order chi connectivity index (χ0) is 18.0. The Bertz CT molecular complexity index is 910. The van der Waals surface area contributed by atoms with Gasteiger partial charge in [0.15, 0.2) is 0 Å². The molecule has 0 radical (unpaired) electrons. The molecule has 2 aromatic carbocycles. The van der Waals surface area contributed by atoms with Gasteiger partial charge in [0.05, 0.1) is 12.0 Å². The van der Waals surface area contributed by atoms with E-state index in [1.807, 2.05) is 18.2 Å². The number of fused-ring (bicyclic) bond motifs is 1. The van der Waals surface area contributed by atoms with Crippen LogP contribution >= 0.6 is 11.3 Å². The number of hydrogen-bond acceptors (Lipinski definition) is 3. The summed E-state index contributed by atoms with van der Waals surface area (Å²) in [6.45, 7) is 4.51. The molecule has 26 heavy (non-hydrogen) atoms. The fraction of sp³-hybridized carbons (Fsp3) is 0.318. The van der Waals surface area contributed by atoms with Crippen LogP contribution in [0.25, 0.3) is 10.1 Å². The van der Waals surface area contributed by atoms with E-state index in [2.05, 4.69) is 54.0 Å². The summed E-state index contributed by atoms with van der Waals surface area (Å²) in [6, 6.07) is 18.7. The fourth-order valence-electron chi connectivity index (χ4n) is 3.98. The summed E-state index contributed by atoms with van der Waals surface area (Å²) in [5, 5.41) is 7.93. The highest BCUT2D eigenvalue weighted by Crippen LogP contribution is 2.35. The Balaban J connectivity index is 1.58. The van der Waals surface area contributed by atoms with Gasteiger partial charge in [0.1, 0.15) is 0 Å². The van der Waals surface area contributed by atoms with E-state index in [1.165, 1.54) is 20.5 Å². The van der Waals surface area contributed by atoms with Crippen LogP contribution in [0.4, 0.5) is 0 Å².